The van der Waals surface area contributed by atoms with E-state index in [1.54, 1.807) is 20.8 Å². The predicted octanol–water partition coefficient (Wildman–Crippen LogP) is 5.09. The molecule has 1 fully saturated rings. The highest BCUT2D eigenvalue weighted by molar-refractivity contribution is 8.25. The zero-order valence-electron chi connectivity index (χ0n) is 16.7. The van der Waals surface area contributed by atoms with Gasteiger partial charge in [-0.2, -0.15) is 0 Å². The van der Waals surface area contributed by atoms with E-state index < -0.39 is 0 Å². The number of thiol groups is 2. The van der Waals surface area contributed by atoms with E-state index in [-0.39, 0.29) is 16.7 Å². The van der Waals surface area contributed by atoms with Crippen LogP contribution in [-0.2, 0) is 14.4 Å². The lowest BCUT2D eigenvalue weighted by molar-refractivity contribution is -0.116. The average Bonchev–Trinajstić information content (AvgIpc) is 2.54. The Balaban J connectivity index is 0. The van der Waals surface area contributed by atoms with Crippen LogP contribution >= 0.6 is 37.0 Å². The van der Waals surface area contributed by atoms with Crippen LogP contribution in [0.5, 0.6) is 0 Å². The second kappa shape index (κ2) is 15.5. The highest BCUT2D eigenvalue weighted by Gasteiger charge is 2.06. The molecule has 0 bridgehead atoms. The van der Waals surface area contributed by atoms with Crippen molar-refractivity contribution in [2.45, 2.75) is 79.7 Å². The van der Waals surface area contributed by atoms with Gasteiger partial charge in [-0.25, -0.2) is 0 Å². The van der Waals surface area contributed by atoms with Crippen molar-refractivity contribution >= 4 is 53.7 Å². The molecule has 4 nitrogen and oxygen atoms in total. The molecule has 0 spiro atoms. The molecule has 0 aliphatic heterocycles. The quantitative estimate of drug-likeness (QED) is 0.438. The second-order valence-corrected chi connectivity index (χ2v) is 8.85. The van der Waals surface area contributed by atoms with E-state index in [0.29, 0.717) is 21.4 Å². The van der Waals surface area contributed by atoms with Crippen molar-refractivity contribution in [2.75, 3.05) is 0 Å². The molecule has 0 aromatic heterocycles. The topological polar surface area (TPSA) is 77.2 Å². The summed E-state index contributed by atoms with van der Waals surface area (Å²) in [5.41, 5.74) is 6.76. The summed E-state index contributed by atoms with van der Waals surface area (Å²) in [5, 5.41) is 0.0356. The minimum atomic E-state index is -0.0345. The summed E-state index contributed by atoms with van der Waals surface area (Å²) in [6, 6.07) is 0.536. The molecule has 1 aliphatic rings. The lowest BCUT2D eigenvalue weighted by atomic mass is 9.97. The lowest BCUT2D eigenvalue weighted by Gasteiger charge is -2.15. The molecule has 2 N–H and O–H groups in total. The molecule has 7 heteroatoms. The van der Waals surface area contributed by atoms with E-state index >= 15 is 0 Å². The Bertz CT molecular complexity index is 522. The third-order valence-electron chi connectivity index (χ3n) is 3.82. The molecule has 0 saturated heterocycles. The summed E-state index contributed by atoms with van der Waals surface area (Å²) < 4.78 is 0.672. The van der Waals surface area contributed by atoms with Crippen LogP contribution in [0.25, 0.3) is 0 Å². The van der Waals surface area contributed by atoms with Crippen molar-refractivity contribution in [2.24, 2.45) is 5.73 Å². The summed E-state index contributed by atoms with van der Waals surface area (Å²) in [6.45, 7) is 9.54. The molecular weight excluding hydrogens is 386 g/mol. The van der Waals surface area contributed by atoms with E-state index in [0.717, 1.165) is 16.7 Å². The van der Waals surface area contributed by atoms with Crippen LogP contribution in [0.15, 0.2) is 20.3 Å². The van der Waals surface area contributed by atoms with Gasteiger partial charge in [0.25, 0.3) is 0 Å². The van der Waals surface area contributed by atoms with E-state index in [1.165, 1.54) is 52.9 Å². The third-order valence-corrected chi connectivity index (χ3v) is 5.77. The van der Waals surface area contributed by atoms with Crippen LogP contribution in [0.2, 0.25) is 0 Å². The van der Waals surface area contributed by atoms with Crippen molar-refractivity contribution in [1.29, 1.82) is 0 Å². The number of ketones is 2. The summed E-state index contributed by atoms with van der Waals surface area (Å²) in [7, 11) is 0. The van der Waals surface area contributed by atoms with Crippen molar-refractivity contribution in [1.82, 2.24) is 0 Å². The van der Waals surface area contributed by atoms with Crippen LogP contribution in [0.4, 0.5) is 0 Å². The number of carbonyl (C=O) groups excluding carboxylic acids is 3. The van der Waals surface area contributed by atoms with Crippen LogP contribution in [-0.4, -0.2) is 22.7 Å². The first-order chi connectivity index (χ1) is 11.9. The SMILES string of the molecule is CC(=O)/C(C)=C(/C)C(C)=O.CC(=O)S/C(S)=C(\C)S.NC1CCCCC1. The van der Waals surface area contributed by atoms with Crippen molar-refractivity contribution in [3.8, 4) is 0 Å². The van der Waals surface area contributed by atoms with E-state index in [2.05, 4.69) is 25.3 Å². The van der Waals surface area contributed by atoms with Gasteiger partial charge in [0.05, 0.1) is 4.24 Å². The van der Waals surface area contributed by atoms with Gasteiger partial charge in [-0.1, -0.05) is 19.3 Å². The molecule has 0 aromatic rings. The van der Waals surface area contributed by atoms with Gasteiger partial charge in [-0.05, 0) is 75.3 Å². The van der Waals surface area contributed by atoms with Gasteiger partial charge in [0.15, 0.2) is 16.7 Å². The normalized spacial score (nSPS) is 16.0. The first-order valence-corrected chi connectivity index (χ1v) is 10.3. The van der Waals surface area contributed by atoms with Gasteiger partial charge in [-0.3, -0.25) is 14.4 Å². The molecule has 0 aromatic carbocycles. The van der Waals surface area contributed by atoms with Crippen LogP contribution in [0.1, 0.15) is 73.6 Å². The minimum absolute atomic E-state index is 0.0345. The predicted molar refractivity (Wildman–Crippen MR) is 120 cm³/mol. The minimum Gasteiger partial charge on any atom is -0.328 e. The Morgan fingerprint density at radius 2 is 1.19 bits per heavy atom. The number of hydrogen-bond acceptors (Lipinski definition) is 7. The summed E-state index contributed by atoms with van der Waals surface area (Å²) >= 11 is 9.10. The molecule has 0 radical (unpaired) electrons. The maximum absolute atomic E-state index is 10.7. The molecule has 1 rings (SSSR count). The summed E-state index contributed by atoms with van der Waals surface area (Å²) in [4.78, 5) is 32.5. The fourth-order valence-electron chi connectivity index (χ4n) is 1.87. The molecule has 150 valence electrons. The maximum Gasteiger partial charge on any atom is 0.191 e. The first kappa shape index (κ1) is 27.7. The Morgan fingerprint density at radius 3 is 1.35 bits per heavy atom. The summed E-state index contributed by atoms with van der Waals surface area (Å²) in [6.07, 6.45) is 6.66. The molecule has 0 atom stereocenters. The Kier molecular flexibility index (Phi) is 16.6. The number of rotatable bonds is 3. The molecular formula is C19H33NO3S3. The fraction of sp³-hybridized carbons (Fsp3) is 0.632. The zero-order chi connectivity index (χ0) is 20.9. The number of Topliss-reactive ketones (excluding diaryl/α,β-unsaturated/α-hetero) is 2. The van der Waals surface area contributed by atoms with Gasteiger partial charge in [0, 0.05) is 13.0 Å². The van der Waals surface area contributed by atoms with Crippen molar-refractivity contribution in [3.05, 3.63) is 20.3 Å². The number of nitrogens with two attached hydrogens (primary N) is 1. The number of hydrogen-bond donors (Lipinski definition) is 3. The highest BCUT2D eigenvalue weighted by Crippen LogP contribution is 2.25. The van der Waals surface area contributed by atoms with E-state index in [4.69, 9.17) is 5.73 Å². The van der Waals surface area contributed by atoms with Gasteiger partial charge < -0.3 is 5.73 Å². The van der Waals surface area contributed by atoms with Crippen molar-refractivity contribution in [3.63, 3.8) is 0 Å². The zero-order valence-corrected chi connectivity index (χ0v) is 19.3. The number of allylic oxidation sites excluding steroid dienone is 3. The molecule has 26 heavy (non-hydrogen) atoms. The van der Waals surface area contributed by atoms with Crippen LogP contribution in [0.3, 0.4) is 0 Å². The largest absolute Gasteiger partial charge is 0.328 e. The maximum atomic E-state index is 10.7. The van der Waals surface area contributed by atoms with Crippen LogP contribution in [0, 0.1) is 0 Å². The highest BCUT2D eigenvalue weighted by atomic mass is 32.2. The van der Waals surface area contributed by atoms with E-state index in [1.807, 2.05) is 0 Å². The Labute approximate surface area is 173 Å². The third kappa shape index (κ3) is 15.7. The molecule has 0 heterocycles. The first-order valence-electron chi connectivity index (χ1n) is 8.62. The van der Waals surface area contributed by atoms with Crippen molar-refractivity contribution < 1.29 is 14.4 Å². The summed E-state index contributed by atoms with van der Waals surface area (Å²) in [5.74, 6) is -0.0691. The monoisotopic (exact) mass is 419 g/mol. The molecule has 0 unspecified atom stereocenters. The Hall–Kier alpha value is -0.500. The van der Waals surface area contributed by atoms with Gasteiger partial charge in [0.1, 0.15) is 0 Å². The van der Waals surface area contributed by atoms with E-state index in [9.17, 15) is 14.4 Å². The number of carbonyl (C=O) groups is 3. The smallest absolute Gasteiger partial charge is 0.191 e. The molecule has 0 amide bonds. The average molecular weight is 420 g/mol. The fourth-order valence-corrected chi connectivity index (χ4v) is 2.81. The van der Waals surface area contributed by atoms with Gasteiger partial charge >= 0.3 is 0 Å². The van der Waals surface area contributed by atoms with Crippen LogP contribution < -0.4 is 5.73 Å². The molecule has 1 aliphatic carbocycles. The lowest BCUT2D eigenvalue weighted by Crippen LogP contribution is -2.22. The van der Waals surface area contributed by atoms with Gasteiger partial charge in [-0.15, -0.1) is 25.3 Å². The Morgan fingerprint density at radius 1 is 0.808 bits per heavy atom. The van der Waals surface area contributed by atoms with Gasteiger partial charge in [0.2, 0.25) is 0 Å². The second-order valence-electron chi connectivity index (χ2n) is 6.24. The number of thioether (sulfide) groups is 1. The molecule has 1 saturated carbocycles. The standard InChI is InChI=1S/C8H12O2.C6H13N.C5H8OS3/c1-5(7(3)9)6(2)8(4)10;7-6-4-2-1-3-5-6;1-3(7)5(8)9-4(2)6/h1-4H3;6H,1-5,7H2;7-8H,1-2H3/b6-5-;;5-3+.